The summed E-state index contributed by atoms with van der Waals surface area (Å²) in [5.41, 5.74) is 1.73. The second kappa shape index (κ2) is 10.8. The van der Waals surface area contributed by atoms with Gasteiger partial charge in [0, 0.05) is 30.2 Å². The van der Waals surface area contributed by atoms with E-state index in [1.165, 1.54) is 45.9 Å². The summed E-state index contributed by atoms with van der Waals surface area (Å²) in [7, 11) is 0. The maximum absolute atomic E-state index is 13.8. The molecular weight excluding hydrogens is 497 g/mol. The fourth-order valence-electron chi connectivity index (χ4n) is 5.21. The average Bonchev–Trinajstić information content (AvgIpc) is 3.29. The largest absolute Gasteiger partial charge is 0.378 e. The van der Waals surface area contributed by atoms with Crippen molar-refractivity contribution in [3.8, 4) is 17.1 Å². The Bertz CT molecular complexity index is 1320. The van der Waals surface area contributed by atoms with Crippen LogP contribution in [0.4, 0.5) is 4.39 Å². The molecule has 0 aliphatic carbocycles. The van der Waals surface area contributed by atoms with E-state index in [-0.39, 0.29) is 29.3 Å². The van der Waals surface area contributed by atoms with E-state index in [1.54, 1.807) is 0 Å². The molecule has 0 saturated carbocycles. The molecule has 2 aliphatic heterocycles. The fourth-order valence-corrected chi connectivity index (χ4v) is 5.39. The van der Waals surface area contributed by atoms with Crippen LogP contribution in [0.15, 0.2) is 47.3 Å². The molecule has 0 spiro atoms. The summed E-state index contributed by atoms with van der Waals surface area (Å²) in [6.07, 6.45) is 3.31. The highest BCUT2D eigenvalue weighted by Gasteiger charge is 2.36. The molecule has 37 heavy (non-hydrogen) atoms. The molecule has 10 heteroatoms. The fraction of sp³-hybridized carbons (Fsp3) is 0.444. The van der Waals surface area contributed by atoms with Crippen molar-refractivity contribution in [2.75, 3.05) is 19.8 Å². The summed E-state index contributed by atoms with van der Waals surface area (Å²) in [6.45, 7) is 6.08. The lowest BCUT2D eigenvalue weighted by Gasteiger charge is -2.34. The summed E-state index contributed by atoms with van der Waals surface area (Å²) in [4.78, 5) is 28.5. The standard InChI is InChI=1S/C27H31ClFN5O3/c1-17(2)30-25(35)14-33-26(19-5-10-24(29)23(28)13-19)31-34(27(33)36)20-6-3-18(4-7-20)11-12-32-21-8-9-22(32)16-37-15-21/h3-7,10,13,17,21-22H,8-9,11-12,14-16H2,1-2H3,(H,30,35)/t21-,22+. The molecule has 3 heterocycles. The van der Waals surface area contributed by atoms with Gasteiger partial charge in [0.05, 0.1) is 23.9 Å². The molecule has 2 aromatic carbocycles. The number of morpholine rings is 1. The summed E-state index contributed by atoms with van der Waals surface area (Å²) < 4.78 is 22.0. The van der Waals surface area contributed by atoms with Gasteiger partial charge in [0.15, 0.2) is 5.82 Å². The van der Waals surface area contributed by atoms with Crippen molar-refractivity contribution in [3.05, 3.63) is 69.4 Å². The highest BCUT2D eigenvalue weighted by atomic mass is 35.5. The molecule has 5 rings (SSSR count). The zero-order chi connectivity index (χ0) is 26.1. The SMILES string of the molecule is CC(C)NC(=O)Cn1c(-c2ccc(F)c(Cl)c2)nn(-c2ccc(CCN3[C@@H]4CC[C@H]3COC4)cc2)c1=O. The number of carbonyl (C=O) groups is 1. The number of hydrogen-bond donors (Lipinski definition) is 1. The first-order valence-corrected chi connectivity index (χ1v) is 13.1. The van der Waals surface area contributed by atoms with Crippen molar-refractivity contribution in [3.63, 3.8) is 0 Å². The average molecular weight is 528 g/mol. The number of carbonyl (C=O) groups excluding carboxylic acids is 1. The molecule has 1 amide bonds. The number of halogens is 2. The van der Waals surface area contributed by atoms with E-state index in [9.17, 15) is 14.0 Å². The molecule has 2 fully saturated rings. The highest BCUT2D eigenvalue weighted by molar-refractivity contribution is 6.31. The number of nitrogens with zero attached hydrogens (tertiary/aromatic N) is 4. The van der Waals surface area contributed by atoms with E-state index < -0.39 is 11.5 Å². The van der Waals surface area contributed by atoms with Crippen LogP contribution in [0.25, 0.3) is 17.1 Å². The predicted molar refractivity (Wildman–Crippen MR) is 140 cm³/mol. The van der Waals surface area contributed by atoms with Crippen molar-refractivity contribution in [2.45, 2.75) is 57.8 Å². The van der Waals surface area contributed by atoms with Crippen molar-refractivity contribution in [2.24, 2.45) is 0 Å². The van der Waals surface area contributed by atoms with Crippen molar-refractivity contribution in [1.29, 1.82) is 0 Å². The summed E-state index contributed by atoms with van der Waals surface area (Å²) in [6, 6.07) is 12.8. The molecule has 2 aliphatic rings. The van der Waals surface area contributed by atoms with Crippen LogP contribution >= 0.6 is 11.6 Å². The Hall–Kier alpha value is -3.01. The molecule has 0 radical (unpaired) electrons. The van der Waals surface area contributed by atoms with Gasteiger partial charge in [-0.1, -0.05) is 23.7 Å². The Morgan fingerprint density at radius 3 is 2.51 bits per heavy atom. The molecule has 1 N–H and O–H groups in total. The number of ether oxygens (including phenoxy) is 1. The Labute approximate surface area is 220 Å². The van der Waals surface area contributed by atoms with Crippen LogP contribution in [0.5, 0.6) is 0 Å². The molecule has 2 atom stereocenters. The third kappa shape index (κ3) is 5.49. The number of rotatable bonds is 8. The molecule has 196 valence electrons. The first-order valence-electron chi connectivity index (χ1n) is 12.7. The Morgan fingerprint density at radius 1 is 1.16 bits per heavy atom. The lowest BCUT2D eigenvalue weighted by molar-refractivity contribution is -0.122. The van der Waals surface area contributed by atoms with Gasteiger partial charge < -0.3 is 10.1 Å². The van der Waals surface area contributed by atoms with Crippen LogP contribution in [-0.4, -0.2) is 63.0 Å². The van der Waals surface area contributed by atoms with Crippen LogP contribution < -0.4 is 11.0 Å². The van der Waals surface area contributed by atoms with Gasteiger partial charge in [-0.2, -0.15) is 4.68 Å². The first-order chi connectivity index (χ1) is 17.8. The lowest BCUT2D eigenvalue weighted by atomic mass is 10.1. The van der Waals surface area contributed by atoms with E-state index in [2.05, 4.69) is 15.3 Å². The van der Waals surface area contributed by atoms with Crippen LogP contribution in [0, 0.1) is 5.82 Å². The number of hydrogen-bond acceptors (Lipinski definition) is 5. The molecule has 2 bridgehead atoms. The second-order valence-electron chi connectivity index (χ2n) is 10.0. The van der Waals surface area contributed by atoms with Gasteiger partial charge in [-0.3, -0.25) is 14.3 Å². The third-order valence-corrected chi connectivity index (χ3v) is 7.31. The normalized spacial score (nSPS) is 19.5. The van der Waals surface area contributed by atoms with E-state index in [4.69, 9.17) is 16.3 Å². The van der Waals surface area contributed by atoms with Crippen LogP contribution in [0.3, 0.4) is 0 Å². The molecule has 1 aromatic heterocycles. The number of fused-ring (bicyclic) bond motifs is 2. The Balaban J connectivity index is 1.40. The Kier molecular flexibility index (Phi) is 7.46. The zero-order valence-corrected chi connectivity index (χ0v) is 21.7. The number of benzene rings is 2. The maximum atomic E-state index is 13.8. The first kappa shape index (κ1) is 25.6. The smallest absolute Gasteiger partial charge is 0.351 e. The molecule has 8 nitrogen and oxygen atoms in total. The molecule has 3 aromatic rings. The molecule has 2 saturated heterocycles. The van der Waals surface area contributed by atoms with Crippen molar-refractivity contribution < 1.29 is 13.9 Å². The van der Waals surface area contributed by atoms with Gasteiger partial charge in [-0.25, -0.2) is 9.18 Å². The minimum Gasteiger partial charge on any atom is -0.378 e. The predicted octanol–water partition coefficient (Wildman–Crippen LogP) is 3.42. The van der Waals surface area contributed by atoms with E-state index in [0.29, 0.717) is 23.3 Å². The number of nitrogens with one attached hydrogen (secondary N) is 1. The summed E-state index contributed by atoms with van der Waals surface area (Å²) >= 11 is 5.99. The van der Waals surface area contributed by atoms with Crippen LogP contribution in [0.2, 0.25) is 5.02 Å². The molecule has 0 unspecified atom stereocenters. The van der Waals surface area contributed by atoms with E-state index in [0.717, 1.165) is 26.2 Å². The van der Waals surface area contributed by atoms with E-state index in [1.807, 2.05) is 38.1 Å². The summed E-state index contributed by atoms with van der Waals surface area (Å²) in [5.74, 6) is -0.659. The Morgan fingerprint density at radius 2 is 1.86 bits per heavy atom. The second-order valence-corrected chi connectivity index (χ2v) is 10.4. The highest BCUT2D eigenvalue weighted by Crippen LogP contribution is 2.29. The van der Waals surface area contributed by atoms with Crippen LogP contribution in [-0.2, 0) is 22.5 Å². The monoisotopic (exact) mass is 527 g/mol. The number of amides is 1. The minimum atomic E-state index is -0.572. The van der Waals surface area contributed by atoms with Crippen LogP contribution in [0.1, 0.15) is 32.3 Å². The third-order valence-electron chi connectivity index (χ3n) is 7.02. The quantitative estimate of drug-likeness (QED) is 0.485. The van der Waals surface area contributed by atoms with E-state index >= 15 is 0 Å². The van der Waals surface area contributed by atoms with Gasteiger partial charge in [0.2, 0.25) is 5.91 Å². The lowest BCUT2D eigenvalue weighted by Crippen LogP contribution is -2.46. The minimum absolute atomic E-state index is 0.0813. The maximum Gasteiger partial charge on any atom is 0.351 e. The van der Waals surface area contributed by atoms with Gasteiger partial charge in [-0.15, -0.1) is 5.10 Å². The van der Waals surface area contributed by atoms with Crippen molar-refractivity contribution in [1.82, 2.24) is 24.6 Å². The molecular formula is C27H31ClFN5O3. The van der Waals surface area contributed by atoms with Gasteiger partial charge >= 0.3 is 5.69 Å². The topological polar surface area (TPSA) is 81.4 Å². The summed E-state index contributed by atoms with van der Waals surface area (Å²) in [5, 5.41) is 7.22. The van der Waals surface area contributed by atoms with Gasteiger partial charge in [-0.05, 0) is 69.0 Å². The number of aromatic nitrogens is 3. The zero-order valence-electron chi connectivity index (χ0n) is 21.0. The van der Waals surface area contributed by atoms with Crippen molar-refractivity contribution >= 4 is 17.5 Å². The van der Waals surface area contributed by atoms with Gasteiger partial charge in [0.1, 0.15) is 12.4 Å². The van der Waals surface area contributed by atoms with Gasteiger partial charge in [0.25, 0.3) is 0 Å².